The van der Waals surface area contributed by atoms with Crippen LogP contribution in [-0.4, -0.2) is 9.13 Å². The topological polar surface area (TPSA) is 57.4 Å². The Bertz CT molecular complexity index is 2860. The van der Waals surface area contributed by atoms with Gasteiger partial charge in [-0.25, -0.2) is 0 Å². The van der Waals surface area contributed by atoms with Crippen LogP contribution in [0.1, 0.15) is 22.3 Å². The molecule has 2 heterocycles. The molecule has 0 spiro atoms. The second-order valence-corrected chi connectivity index (χ2v) is 12.9. The van der Waals surface area contributed by atoms with E-state index in [9.17, 15) is 10.5 Å². The minimum atomic E-state index is 0.464. The van der Waals surface area contributed by atoms with Gasteiger partial charge in [0.25, 0.3) is 0 Å². The molecule has 0 aliphatic carbocycles. The molecule has 2 aromatic heterocycles. The van der Waals surface area contributed by atoms with Crippen molar-refractivity contribution in [2.75, 3.05) is 0 Å². The molecular weight excluding hydrogens is 609 g/mol. The van der Waals surface area contributed by atoms with Crippen molar-refractivity contribution in [2.45, 2.75) is 13.8 Å². The number of para-hydroxylation sites is 4. The maximum absolute atomic E-state index is 9.92. The molecule has 0 saturated carbocycles. The zero-order chi connectivity index (χ0) is 33.9. The highest BCUT2D eigenvalue weighted by Gasteiger charge is 2.23. The van der Waals surface area contributed by atoms with Crippen molar-refractivity contribution in [1.82, 2.24) is 9.13 Å². The lowest BCUT2D eigenvalue weighted by atomic mass is 9.92. The van der Waals surface area contributed by atoms with Crippen LogP contribution < -0.4 is 0 Å². The molecule has 234 valence electrons. The summed E-state index contributed by atoms with van der Waals surface area (Å²) in [5.41, 5.74) is 14.1. The van der Waals surface area contributed by atoms with Crippen LogP contribution in [0, 0.1) is 36.5 Å². The summed E-state index contributed by atoms with van der Waals surface area (Å²) >= 11 is 0. The minimum Gasteiger partial charge on any atom is -0.309 e. The van der Waals surface area contributed by atoms with Gasteiger partial charge in [-0.2, -0.15) is 10.5 Å². The fraction of sp³-hybridized carbons (Fsp3) is 0.0435. The lowest BCUT2D eigenvalue weighted by Crippen LogP contribution is -2.01. The Morgan fingerprint density at radius 2 is 1.06 bits per heavy atom. The Morgan fingerprint density at radius 3 is 1.76 bits per heavy atom. The van der Waals surface area contributed by atoms with Crippen molar-refractivity contribution in [3.63, 3.8) is 0 Å². The molecule has 0 radical (unpaired) electrons. The smallest absolute Gasteiger partial charge is 0.0992 e. The Labute approximate surface area is 289 Å². The van der Waals surface area contributed by atoms with Crippen LogP contribution in [0.2, 0.25) is 0 Å². The van der Waals surface area contributed by atoms with E-state index < -0.39 is 0 Å². The Hall–Kier alpha value is -6.88. The number of fused-ring (bicyclic) bond motifs is 6. The van der Waals surface area contributed by atoms with Crippen LogP contribution >= 0.6 is 0 Å². The number of hydrogen-bond donors (Lipinski definition) is 0. The van der Waals surface area contributed by atoms with Gasteiger partial charge in [0.2, 0.25) is 0 Å². The van der Waals surface area contributed by atoms with Crippen LogP contribution in [0.15, 0.2) is 146 Å². The average molecular weight is 639 g/mol. The molecule has 50 heavy (non-hydrogen) atoms. The lowest BCUT2D eigenvalue weighted by Gasteiger charge is -2.17. The zero-order valence-electron chi connectivity index (χ0n) is 27.6. The van der Waals surface area contributed by atoms with E-state index in [2.05, 4.69) is 163 Å². The number of aromatic nitrogens is 2. The van der Waals surface area contributed by atoms with Gasteiger partial charge in [0, 0.05) is 32.8 Å². The van der Waals surface area contributed by atoms with Crippen molar-refractivity contribution in [3.8, 4) is 45.8 Å². The van der Waals surface area contributed by atoms with Gasteiger partial charge in [-0.1, -0.05) is 91.0 Å². The van der Waals surface area contributed by atoms with Crippen LogP contribution in [-0.2, 0) is 0 Å². The maximum Gasteiger partial charge on any atom is 0.0992 e. The van der Waals surface area contributed by atoms with Gasteiger partial charge in [-0.15, -0.1) is 0 Å². The first-order valence-electron chi connectivity index (χ1n) is 16.7. The summed E-state index contributed by atoms with van der Waals surface area (Å²) < 4.78 is 4.73. The Morgan fingerprint density at radius 1 is 0.460 bits per heavy atom. The highest BCUT2D eigenvalue weighted by Crippen LogP contribution is 2.45. The number of nitriles is 2. The first-order chi connectivity index (χ1) is 24.6. The predicted molar refractivity (Wildman–Crippen MR) is 205 cm³/mol. The molecule has 0 unspecified atom stereocenters. The van der Waals surface area contributed by atoms with E-state index in [0.29, 0.717) is 11.1 Å². The third-order valence-corrected chi connectivity index (χ3v) is 9.98. The molecular formula is C46H30N4. The summed E-state index contributed by atoms with van der Waals surface area (Å²) in [6.45, 7) is 4.32. The van der Waals surface area contributed by atoms with Gasteiger partial charge in [0.1, 0.15) is 0 Å². The molecule has 9 rings (SSSR count). The van der Waals surface area contributed by atoms with Gasteiger partial charge in [-0.3, -0.25) is 0 Å². The fourth-order valence-electron chi connectivity index (χ4n) is 7.87. The fourth-order valence-corrected chi connectivity index (χ4v) is 7.87. The standard InChI is InChI=1S/C46H30N4/c1-29-11-10-12-30(2)45(29)50-42-18-9-7-16-39(42)44-36(20-21-37(46(44)50)34-24-31(27-47)23-32(25-34)28-48)33-19-22-43-40(26-33)38-15-6-8-17-41(38)49(43)35-13-4-3-5-14-35/h3-26H,1-2H3. The van der Waals surface area contributed by atoms with Gasteiger partial charge >= 0.3 is 0 Å². The monoisotopic (exact) mass is 638 g/mol. The number of benzene rings is 7. The van der Waals surface area contributed by atoms with Gasteiger partial charge in [0.05, 0.1) is 51.0 Å². The number of hydrogen-bond acceptors (Lipinski definition) is 2. The van der Waals surface area contributed by atoms with Crippen LogP contribution in [0.4, 0.5) is 0 Å². The van der Waals surface area contributed by atoms with E-state index in [1.165, 1.54) is 27.4 Å². The second kappa shape index (κ2) is 11.4. The number of nitrogens with zero attached hydrogens (tertiary/aromatic N) is 4. The van der Waals surface area contributed by atoms with E-state index in [1.54, 1.807) is 6.07 Å². The molecule has 0 amide bonds. The van der Waals surface area contributed by atoms with E-state index in [1.807, 2.05) is 12.1 Å². The Kier molecular flexibility index (Phi) is 6.66. The molecule has 4 heteroatoms. The van der Waals surface area contributed by atoms with Gasteiger partial charge in [0.15, 0.2) is 0 Å². The largest absolute Gasteiger partial charge is 0.309 e. The normalized spacial score (nSPS) is 11.4. The average Bonchev–Trinajstić information content (AvgIpc) is 3.68. The first-order valence-corrected chi connectivity index (χ1v) is 16.7. The predicted octanol–water partition coefficient (Wildman–Crippen LogP) is 11.6. The molecule has 0 aliphatic rings. The molecule has 0 aliphatic heterocycles. The third-order valence-electron chi connectivity index (χ3n) is 9.98. The van der Waals surface area contributed by atoms with Gasteiger partial charge in [-0.05, 0) is 96.3 Å². The molecule has 0 saturated heterocycles. The van der Waals surface area contributed by atoms with Crippen molar-refractivity contribution >= 4 is 43.6 Å². The summed E-state index contributed by atoms with van der Waals surface area (Å²) in [4.78, 5) is 0. The summed E-state index contributed by atoms with van der Waals surface area (Å²) in [6.07, 6.45) is 0. The minimum absolute atomic E-state index is 0.464. The van der Waals surface area contributed by atoms with Crippen molar-refractivity contribution < 1.29 is 0 Å². The van der Waals surface area contributed by atoms with Crippen LogP contribution in [0.5, 0.6) is 0 Å². The van der Waals surface area contributed by atoms with E-state index in [-0.39, 0.29) is 0 Å². The van der Waals surface area contributed by atoms with Crippen LogP contribution in [0.3, 0.4) is 0 Å². The number of rotatable bonds is 4. The van der Waals surface area contributed by atoms with E-state index >= 15 is 0 Å². The molecule has 7 aromatic carbocycles. The van der Waals surface area contributed by atoms with Crippen molar-refractivity contribution in [1.29, 1.82) is 10.5 Å². The van der Waals surface area contributed by atoms with E-state index in [0.717, 1.165) is 61.0 Å². The molecule has 0 fully saturated rings. The molecule has 0 atom stereocenters. The zero-order valence-corrected chi connectivity index (χ0v) is 27.6. The molecule has 4 nitrogen and oxygen atoms in total. The highest BCUT2D eigenvalue weighted by atomic mass is 15.0. The van der Waals surface area contributed by atoms with Gasteiger partial charge < -0.3 is 9.13 Å². The quantitative estimate of drug-likeness (QED) is 0.193. The summed E-state index contributed by atoms with van der Waals surface area (Å²) in [5.74, 6) is 0. The van der Waals surface area contributed by atoms with Crippen molar-refractivity contribution in [3.05, 3.63) is 168 Å². The summed E-state index contributed by atoms with van der Waals surface area (Å²) in [7, 11) is 0. The number of aryl methyl sites for hydroxylation is 2. The molecule has 9 aromatic rings. The highest BCUT2D eigenvalue weighted by molar-refractivity contribution is 6.20. The third kappa shape index (κ3) is 4.37. The Balaban J connectivity index is 1.42. The maximum atomic E-state index is 9.92. The summed E-state index contributed by atoms with van der Waals surface area (Å²) in [6, 6.07) is 55.4. The first kappa shape index (κ1) is 29.3. The lowest BCUT2D eigenvalue weighted by molar-refractivity contribution is 1.12. The van der Waals surface area contributed by atoms with Crippen LogP contribution in [0.25, 0.3) is 77.2 Å². The molecule has 0 bridgehead atoms. The molecule has 0 N–H and O–H groups in total. The SMILES string of the molecule is Cc1cccc(C)c1-n1c2ccccc2c2c(-c3ccc4c(c3)c3ccccc3n4-c3ccccc3)ccc(-c3cc(C#N)cc(C#N)c3)c21. The summed E-state index contributed by atoms with van der Waals surface area (Å²) in [5, 5.41) is 24.5. The van der Waals surface area contributed by atoms with Crippen molar-refractivity contribution in [2.24, 2.45) is 0 Å². The van der Waals surface area contributed by atoms with E-state index in [4.69, 9.17) is 0 Å². The second-order valence-electron chi connectivity index (χ2n) is 12.9.